The van der Waals surface area contributed by atoms with Gasteiger partial charge in [-0.25, -0.2) is 4.39 Å². The van der Waals surface area contributed by atoms with Crippen LogP contribution >= 0.6 is 24.0 Å². The summed E-state index contributed by atoms with van der Waals surface area (Å²) in [6, 6.07) is 6.51. The van der Waals surface area contributed by atoms with Crippen molar-refractivity contribution in [3.05, 3.63) is 30.1 Å². The summed E-state index contributed by atoms with van der Waals surface area (Å²) in [6.45, 7) is 8.04. The minimum atomic E-state index is -0.336. The van der Waals surface area contributed by atoms with Crippen molar-refractivity contribution < 1.29 is 9.13 Å². The summed E-state index contributed by atoms with van der Waals surface area (Å²) in [5, 5.41) is 6.91. The van der Waals surface area contributed by atoms with Crippen LogP contribution in [0.2, 0.25) is 0 Å². The minimum absolute atomic E-state index is 0. The SMILES string of the molecule is CN=C(NCC(C)Oc1ccccc1F)NCC1(N2CCCCC2)CCN(C)CC1.I. The Labute approximate surface area is 204 Å². The van der Waals surface area contributed by atoms with Gasteiger partial charge in [0, 0.05) is 19.1 Å². The number of piperidine rings is 2. The fourth-order valence-electron chi connectivity index (χ4n) is 4.52. The molecule has 1 aromatic carbocycles. The largest absolute Gasteiger partial charge is 0.486 e. The van der Waals surface area contributed by atoms with Gasteiger partial charge in [0.1, 0.15) is 6.10 Å². The van der Waals surface area contributed by atoms with Gasteiger partial charge < -0.3 is 20.3 Å². The molecule has 0 saturated carbocycles. The molecule has 0 spiro atoms. The minimum Gasteiger partial charge on any atom is -0.486 e. The first-order valence-corrected chi connectivity index (χ1v) is 11.3. The van der Waals surface area contributed by atoms with Crippen LogP contribution in [-0.4, -0.2) is 80.8 Å². The summed E-state index contributed by atoms with van der Waals surface area (Å²) >= 11 is 0. The maximum absolute atomic E-state index is 13.8. The van der Waals surface area contributed by atoms with Gasteiger partial charge >= 0.3 is 0 Å². The van der Waals surface area contributed by atoms with Crippen molar-refractivity contribution in [3.8, 4) is 5.75 Å². The van der Waals surface area contributed by atoms with Crippen LogP contribution in [0.25, 0.3) is 0 Å². The molecule has 3 rings (SSSR count). The van der Waals surface area contributed by atoms with E-state index in [1.54, 1.807) is 25.2 Å². The quantitative estimate of drug-likeness (QED) is 0.312. The highest BCUT2D eigenvalue weighted by atomic mass is 127. The fourth-order valence-corrected chi connectivity index (χ4v) is 4.52. The van der Waals surface area contributed by atoms with E-state index >= 15 is 0 Å². The molecular formula is C23H39FIN5O. The number of aliphatic imine (C=N–C) groups is 1. The third kappa shape index (κ3) is 7.46. The smallest absolute Gasteiger partial charge is 0.191 e. The van der Waals surface area contributed by atoms with E-state index in [2.05, 4.69) is 32.5 Å². The number of halogens is 2. The van der Waals surface area contributed by atoms with Crippen LogP contribution in [-0.2, 0) is 0 Å². The summed E-state index contributed by atoms with van der Waals surface area (Å²) in [7, 11) is 4.00. The van der Waals surface area contributed by atoms with Crippen LogP contribution in [0.15, 0.2) is 29.3 Å². The molecule has 1 atom stereocenters. The van der Waals surface area contributed by atoms with Crippen molar-refractivity contribution in [1.29, 1.82) is 0 Å². The second kappa shape index (κ2) is 12.8. The van der Waals surface area contributed by atoms with Crippen LogP contribution in [0.3, 0.4) is 0 Å². The average molecular weight is 548 g/mol. The molecule has 1 unspecified atom stereocenters. The van der Waals surface area contributed by atoms with Gasteiger partial charge in [-0.3, -0.25) is 9.89 Å². The van der Waals surface area contributed by atoms with E-state index in [0.717, 1.165) is 25.6 Å². The summed E-state index contributed by atoms with van der Waals surface area (Å²) in [4.78, 5) is 9.54. The molecule has 31 heavy (non-hydrogen) atoms. The van der Waals surface area contributed by atoms with Crippen LogP contribution in [0.1, 0.15) is 39.0 Å². The number of para-hydroxylation sites is 1. The average Bonchev–Trinajstić information content (AvgIpc) is 2.77. The standard InChI is InChI=1S/C23H38FN5O.HI/c1-19(30-21-10-6-5-9-20(21)24)17-26-22(25-2)27-18-23(11-15-28(3)16-12-23)29-13-7-4-8-14-29;/h5-6,9-10,19H,4,7-8,11-18H2,1-3H3,(H2,25,26,27);1H. The molecule has 2 fully saturated rings. The first-order valence-electron chi connectivity index (χ1n) is 11.3. The second-order valence-electron chi connectivity index (χ2n) is 8.74. The van der Waals surface area contributed by atoms with Gasteiger partial charge in [0.2, 0.25) is 0 Å². The molecule has 0 amide bonds. The van der Waals surface area contributed by atoms with Crippen molar-refractivity contribution in [2.45, 2.75) is 50.7 Å². The number of benzene rings is 1. The zero-order valence-electron chi connectivity index (χ0n) is 19.2. The molecule has 0 aliphatic carbocycles. The molecule has 0 aromatic heterocycles. The lowest BCUT2D eigenvalue weighted by Crippen LogP contribution is -2.62. The van der Waals surface area contributed by atoms with Gasteiger partial charge in [0.25, 0.3) is 0 Å². The summed E-state index contributed by atoms with van der Waals surface area (Å²) in [5.74, 6) is 0.719. The first-order chi connectivity index (χ1) is 14.5. The highest BCUT2D eigenvalue weighted by molar-refractivity contribution is 14.0. The number of hydrogen-bond acceptors (Lipinski definition) is 4. The Hall–Kier alpha value is -1.13. The van der Waals surface area contributed by atoms with E-state index < -0.39 is 0 Å². The number of likely N-dealkylation sites (tertiary alicyclic amines) is 2. The zero-order chi connectivity index (χ0) is 21.4. The Balaban J connectivity index is 0.00000341. The highest BCUT2D eigenvalue weighted by Gasteiger charge is 2.39. The molecule has 2 heterocycles. The maximum atomic E-state index is 13.8. The van der Waals surface area contributed by atoms with Crippen LogP contribution in [0.5, 0.6) is 5.75 Å². The van der Waals surface area contributed by atoms with E-state index in [4.69, 9.17) is 4.74 Å². The second-order valence-corrected chi connectivity index (χ2v) is 8.74. The van der Waals surface area contributed by atoms with Crippen LogP contribution in [0.4, 0.5) is 4.39 Å². The number of guanidine groups is 1. The third-order valence-electron chi connectivity index (χ3n) is 6.47. The van der Waals surface area contributed by atoms with E-state index in [-0.39, 0.29) is 47.2 Å². The van der Waals surface area contributed by atoms with Gasteiger partial charge in [-0.05, 0) is 78.0 Å². The third-order valence-corrected chi connectivity index (χ3v) is 6.47. The van der Waals surface area contributed by atoms with Gasteiger partial charge in [0.05, 0.1) is 6.54 Å². The Bertz CT molecular complexity index is 690. The normalized spacial score (nSPS) is 21.1. The molecule has 0 radical (unpaired) electrons. The van der Waals surface area contributed by atoms with E-state index in [0.29, 0.717) is 6.54 Å². The van der Waals surface area contributed by atoms with Crippen LogP contribution < -0.4 is 15.4 Å². The van der Waals surface area contributed by atoms with Crippen molar-refractivity contribution >= 4 is 29.9 Å². The van der Waals surface area contributed by atoms with Crippen LogP contribution in [0, 0.1) is 5.82 Å². The summed E-state index contributed by atoms with van der Waals surface area (Å²) in [5.41, 5.74) is 0.194. The summed E-state index contributed by atoms with van der Waals surface area (Å²) in [6.07, 6.45) is 6.13. The number of nitrogens with zero attached hydrogens (tertiary/aromatic N) is 3. The molecule has 2 N–H and O–H groups in total. The number of ether oxygens (including phenoxy) is 1. The predicted octanol–water partition coefficient (Wildman–Crippen LogP) is 3.33. The maximum Gasteiger partial charge on any atom is 0.191 e. The lowest BCUT2D eigenvalue weighted by molar-refractivity contribution is 0.0173. The molecule has 8 heteroatoms. The molecule has 2 saturated heterocycles. The fraction of sp³-hybridized carbons (Fsp3) is 0.696. The lowest BCUT2D eigenvalue weighted by Gasteiger charge is -2.50. The van der Waals surface area contributed by atoms with Gasteiger partial charge in [0.15, 0.2) is 17.5 Å². The molecule has 1 aromatic rings. The molecular weight excluding hydrogens is 508 g/mol. The van der Waals surface area contributed by atoms with Crippen molar-refractivity contribution in [2.75, 3.05) is 53.4 Å². The van der Waals surface area contributed by atoms with Gasteiger partial charge in [-0.1, -0.05) is 18.6 Å². The van der Waals surface area contributed by atoms with E-state index in [1.807, 2.05) is 6.92 Å². The monoisotopic (exact) mass is 547 g/mol. The van der Waals surface area contributed by atoms with E-state index in [1.165, 1.54) is 51.3 Å². The molecule has 2 aliphatic heterocycles. The Morgan fingerprint density at radius 1 is 1.13 bits per heavy atom. The topological polar surface area (TPSA) is 52.1 Å². The number of rotatable bonds is 7. The van der Waals surface area contributed by atoms with Crippen molar-refractivity contribution in [2.24, 2.45) is 4.99 Å². The summed E-state index contributed by atoms with van der Waals surface area (Å²) < 4.78 is 19.5. The Morgan fingerprint density at radius 2 is 1.81 bits per heavy atom. The molecule has 0 bridgehead atoms. The van der Waals surface area contributed by atoms with Gasteiger partial charge in [-0.2, -0.15) is 0 Å². The van der Waals surface area contributed by atoms with Gasteiger partial charge in [-0.15, -0.1) is 24.0 Å². The molecule has 2 aliphatic rings. The van der Waals surface area contributed by atoms with Crippen molar-refractivity contribution in [3.63, 3.8) is 0 Å². The lowest BCUT2D eigenvalue weighted by atomic mass is 9.84. The Morgan fingerprint density at radius 3 is 2.45 bits per heavy atom. The Kier molecular flexibility index (Phi) is 10.8. The highest BCUT2D eigenvalue weighted by Crippen LogP contribution is 2.30. The zero-order valence-corrected chi connectivity index (χ0v) is 21.5. The van der Waals surface area contributed by atoms with E-state index in [9.17, 15) is 4.39 Å². The predicted molar refractivity (Wildman–Crippen MR) is 136 cm³/mol. The number of hydrogen-bond donors (Lipinski definition) is 2. The van der Waals surface area contributed by atoms with Crippen molar-refractivity contribution in [1.82, 2.24) is 20.4 Å². The molecule has 6 nitrogen and oxygen atoms in total. The first kappa shape index (κ1) is 26.1. The number of nitrogens with one attached hydrogen (secondary N) is 2. The molecule has 176 valence electrons.